The molecule has 37 heavy (non-hydrogen) atoms. The first-order chi connectivity index (χ1) is 17.0. The van der Waals surface area contributed by atoms with E-state index >= 15 is 0 Å². The monoisotopic (exact) mass is 590 g/mol. The highest BCUT2D eigenvalue weighted by molar-refractivity contribution is 9.10. The van der Waals surface area contributed by atoms with Crippen molar-refractivity contribution in [3.63, 3.8) is 0 Å². The predicted molar refractivity (Wildman–Crippen MR) is 159 cm³/mol. The van der Waals surface area contributed by atoms with Crippen molar-refractivity contribution < 1.29 is 14.1 Å². The van der Waals surface area contributed by atoms with Crippen LogP contribution in [-0.4, -0.2) is 32.4 Å². The fourth-order valence-electron chi connectivity index (χ4n) is 4.08. The lowest BCUT2D eigenvalue weighted by atomic mass is 9.82. The van der Waals surface area contributed by atoms with E-state index in [-0.39, 0.29) is 12.1 Å². The van der Waals surface area contributed by atoms with Gasteiger partial charge in [0.2, 0.25) is 0 Å². The molecule has 1 amide bonds. The molecule has 0 heterocycles. The number of rotatable bonds is 10. The molecule has 0 bridgehead atoms. The molecule has 0 saturated carbocycles. The van der Waals surface area contributed by atoms with E-state index in [1.54, 1.807) is 4.90 Å². The van der Waals surface area contributed by atoms with Crippen molar-refractivity contribution in [1.29, 1.82) is 0 Å². The summed E-state index contributed by atoms with van der Waals surface area (Å²) in [5.74, 6) is 0. The van der Waals surface area contributed by atoms with Crippen molar-refractivity contribution in [1.82, 2.24) is 9.62 Å². The Bertz CT molecular complexity index is 1030. The van der Waals surface area contributed by atoms with Gasteiger partial charge in [0.1, 0.15) is 10.3 Å². The first kappa shape index (κ1) is 31.4. The maximum atomic E-state index is 13.5. The number of ether oxygens (including phenoxy) is 1. The number of carbonyl (C=O) groups excluding carboxylic acids is 1. The van der Waals surface area contributed by atoms with Gasteiger partial charge in [-0.3, -0.25) is 0 Å². The Balaban J connectivity index is 2.52. The van der Waals surface area contributed by atoms with Crippen LogP contribution >= 0.6 is 15.9 Å². The summed E-state index contributed by atoms with van der Waals surface area (Å²) in [5, 5.41) is 0. The van der Waals surface area contributed by atoms with Gasteiger partial charge < -0.3 is 14.2 Å². The summed E-state index contributed by atoms with van der Waals surface area (Å²) in [6, 6.07) is 17.8. The molecule has 0 aromatic heterocycles. The third-order valence-corrected chi connectivity index (χ3v) is 8.22. The van der Waals surface area contributed by atoms with Gasteiger partial charge in [-0.05, 0) is 91.5 Å². The van der Waals surface area contributed by atoms with Crippen molar-refractivity contribution in [3.05, 3.63) is 82.3 Å². The topological polar surface area (TPSA) is 64.6 Å². The van der Waals surface area contributed by atoms with Gasteiger partial charge in [-0.15, -0.1) is 11.3 Å². The van der Waals surface area contributed by atoms with E-state index in [0.717, 1.165) is 21.2 Å². The van der Waals surface area contributed by atoms with E-state index < -0.39 is 27.2 Å². The minimum Gasteiger partial charge on any atom is -0.598 e. The van der Waals surface area contributed by atoms with Crippen LogP contribution in [0.4, 0.5) is 4.79 Å². The fraction of sp³-hybridized carbons (Fsp3) is 0.500. The zero-order valence-corrected chi connectivity index (χ0v) is 26.0. The highest BCUT2D eigenvalue weighted by atomic mass is 79.9. The Morgan fingerprint density at radius 3 is 2.14 bits per heavy atom. The SMILES string of the molecule is C=C(C)C[C@@](CCN(C(=O)OC(C)(C)C)C(C)c1ccc(Br)cc1)(N[S+]([O-])C(C)(C)C)c1ccccc1. The second-order valence-corrected chi connectivity index (χ2v) is 14.6. The van der Waals surface area contributed by atoms with E-state index in [1.807, 2.05) is 110 Å². The zero-order valence-electron chi connectivity index (χ0n) is 23.6. The van der Waals surface area contributed by atoms with Crippen LogP contribution in [0.1, 0.15) is 85.4 Å². The Morgan fingerprint density at radius 1 is 1.08 bits per heavy atom. The minimum atomic E-state index is -1.35. The lowest BCUT2D eigenvalue weighted by Crippen LogP contribution is -2.53. The summed E-state index contributed by atoms with van der Waals surface area (Å²) in [4.78, 5) is 15.3. The molecule has 0 radical (unpaired) electrons. The van der Waals surface area contributed by atoms with Crippen molar-refractivity contribution >= 4 is 33.4 Å². The summed E-state index contributed by atoms with van der Waals surface area (Å²) in [5.41, 5.74) is 1.66. The number of hydrogen-bond donors (Lipinski definition) is 1. The molecule has 5 nitrogen and oxygen atoms in total. The maximum Gasteiger partial charge on any atom is 0.410 e. The smallest absolute Gasteiger partial charge is 0.410 e. The van der Waals surface area contributed by atoms with Crippen molar-refractivity contribution in [3.8, 4) is 0 Å². The average Bonchev–Trinajstić information content (AvgIpc) is 2.77. The Kier molecular flexibility index (Phi) is 10.9. The van der Waals surface area contributed by atoms with Crippen LogP contribution < -0.4 is 4.72 Å². The summed E-state index contributed by atoms with van der Waals surface area (Å²) in [6.07, 6.45) is 0.719. The lowest BCUT2D eigenvalue weighted by Gasteiger charge is -2.40. The molecular weight excluding hydrogens is 548 g/mol. The second-order valence-electron chi connectivity index (χ2n) is 11.7. The summed E-state index contributed by atoms with van der Waals surface area (Å²) in [7, 11) is 0. The van der Waals surface area contributed by atoms with Crippen LogP contribution in [0, 0.1) is 0 Å². The van der Waals surface area contributed by atoms with Gasteiger partial charge in [0, 0.05) is 22.4 Å². The van der Waals surface area contributed by atoms with Crippen molar-refractivity contribution in [2.24, 2.45) is 0 Å². The normalized spacial score (nSPS) is 15.4. The highest BCUT2D eigenvalue weighted by Gasteiger charge is 2.41. The molecule has 0 aliphatic heterocycles. The molecule has 0 aliphatic rings. The molecule has 0 aliphatic carbocycles. The first-order valence-corrected chi connectivity index (χ1v) is 14.6. The molecule has 7 heteroatoms. The van der Waals surface area contributed by atoms with Crippen LogP contribution in [0.2, 0.25) is 0 Å². The van der Waals surface area contributed by atoms with Crippen LogP contribution in [0.25, 0.3) is 0 Å². The Morgan fingerprint density at radius 2 is 1.65 bits per heavy atom. The van der Waals surface area contributed by atoms with Crippen LogP contribution in [0.5, 0.6) is 0 Å². The number of nitrogens with one attached hydrogen (secondary N) is 1. The largest absolute Gasteiger partial charge is 0.598 e. The third-order valence-electron chi connectivity index (χ3n) is 6.00. The highest BCUT2D eigenvalue weighted by Crippen LogP contribution is 2.36. The first-order valence-electron chi connectivity index (χ1n) is 12.7. The lowest BCUT2D eigenvalue weighted by molar-refractivity contribution is 0.0155. The number of halogens is 1. The third kappa shape index (κ3) is 9.47. The van der Waals surface area contributed by atoms with E-state index in [4.69, 9.17) is 4.74 Å². The molecule has 2 rings (SSSR count). The van der Waals surface area contributed by atoms with Gasteiger partial charge >= 0.3 is 6.09 Å². The second kappa shape index (κ2) is 12.8. The number of amides is 1. The molecule has 3 atom stereocenters. The fourth-order valence-corrected chi connectivity index (χ4v) is 5.30. The van der Waals surface area contributed by atoms with Gasteiger partial charge in [-0.25, -0.2) is 4.79 Å². The van der Waals surface area contributed by atoms with Gasteiger partial charge in [0.15, 0.2) is 0 Å². The maximum absolute atomic E-state index is 13.5. The molecule has 0 spiro atoms. The summed E-state index contributed by atoms with van der Waals surface area (Å²) in [6.45, 7) is 20.0. The van der Waals surface area contributed by atoms with Crippen molar-refractivity contribution in [2.75, 3.05) is 6.54 Å². The number of benzene rings is 2. The molecule has 204 valence electrons. The van der Waals surface area contributed by atoms with E-state index in [0.29, 0.717) is 19.4 Å². The molecule has 2 aromatic carbocycles. The standard InChI is InChI=1S/C30H43BrN2O3S/c1-22(2)21-30(25-13-11-10-12-14-25,32-37(35)29(7,8)9)19-20-33(27(34)36-28(4,5)6)23(3)24-15-17-26(31)18-16-24/h10-18,23,32H,1,19-21H2,2-9H3/t23?,30-,37?/m1/s1. The Labute approximate surface area is 235 Å². The number of hydrogen-bond acceptors (Lipinski definition) is 4. The zero-order chi connectivity index (χ0) is 28.0. The van der Waals surface area contributed by atoms with E-state index in [1.165, 1.54) is 0 Å². The molecule has 0 saturated heterocycles. The molecular formula is C30H43BrN2O3S. The predicted octanol–water partition coefficient (Wildman–Crippen LogP) is 8.05. The van der Waals surface area contributed by atoms with Crippen LogP contribution in [-0.2, 0) is 21.6 Å². The molecule has 0 fully saturated rings. The summed E-state index contributed by atoms with van der Waals surface area (Å²) < 4.78 is 23.3. The Hall–Kier alpha value is -1.80. The quantitative estimate of drug-likeness (QED) is 0.224. The molecule has 2 unspecified atom stereocenters. The van der Waals surface area contributed by atoms with Crippen LogP contribution in [0.15, 0.2) is 71.2 Å². The van der Waals surface area contributed by atoms with Crippen LogP contribution in [0.3, 0.4) is 0 Å². The van der Waals surface area contributed by atoms with E-state index in [9.17, 15) is 9.35 Å². The molecule has 1 N–H and O–H groups in total. The van der Waals surface area contributed by atoms with Gasteiger partial charge in [-0.1, -0.05) is 64.0 Å². The number of carbonyl (C=O) groups is 1. The number of nitrogens with zero attached hydrogens (tertiary/aromatic N) is 1. The molecule has 2 aromatic rings. The minimum absolute atomic E-state index is 0.227. The van der Waals surface area contributed by atoms with Gasteiger partial charge in [0.05, 0.1) is 11.6 Å². The summed E-state index contributed by atoms with van der Waals surface area (Å²) >= 11 is 2.15. The average molecular weight is 592 g/mol. The van der Waals surface area contributed by atoms with Gasteiger partial charge in [-0.2, -0.15) is 0 Å². The van der Waals surface area contributed by atoms with Gasteiger partial charge in [0.25, 0.3) is 0 Å². The van der Waals surface area contributed by atoms with E-state index in [2.05, 4.69) is 27.2 Å². The van der Waals surface area contributed by atoms with Crippen molar-refractivity contribution in [2.45, 2.75) is 90.2 Å².